The van der Waals surface area contributed by atoms with Crippen LogP contribution in [-0.2, 0) is 4.79 Å². The number of amides is 2. The lowest BCUT2D eigenvalue weighted by Crippen LogP contribution is -2.41. The van der Waals surface area contributed by atoms with Gasteiger partial charge in [0.15, 0.2) is 0 Å². The van der Waals surface area contributed by atoms with E-state index in [0.717, 1.165) is 22.9 Å². The van der Waals surface area contributed by atoms with Crippen LogP contribution in [0.3, 0.4) is 0 Å². The van der Waals surface area contributed by atoms with Crippen LogP contribution in [0.1, 0.15) is 28.8 Å². The number of halogens is 1. The molecular formula is C21H22BrN3O2. The first-order valence-electron chi connectivity index (χ1n) is 9.03. The third-order valence-corrected chi connectivity index (χ3v) is 5.42. The second kappa shape index (κ2) is 9.46. The van der Waals surface area contributed by atoms with E-state index in [-0.39, 0.29) is 11.8 Å². The Morgan fingerprint density at radius 2 is 1.96 bits per heavy atom. The van der Waals surface area contributed by atoms with Crippen molar-refractivity contribution in [3.8, 4) is 0 Å². The lowest BCUT2D eigenvalue weighted by molar-refractivity contribution is -0.116. The molecule has 0 saturated carbocycles. The molecule has 0 bridgehead atoms. The van der Waals surface area contributed by atoms with Crippen molar-refractivity contribution in [2.45, 2.75) is 12.8 Å². The number of nitrogens with one attached hydrogen (secondary N) is 1. The molecule has 6 heteroatoms. The summed E-state index contributed by atoms with van der Waals surface area (Å²) in [5.41, 5.74) is 1.59. The van der Waals surface area contributed by atoms with Gasteiger partial charge in [0.25, 0.3) is 5.91 Å². The molecule has 1 aliphatic rings. The van der Waals surface area contributed by atoms with Gasteiger partial charge in [-0.1, -0.05) is 34.1 Å². The van der Waals surface area contributed by atoms with Crippen molar-refractivity contribution in [1.82, 2.24) is 15.2 Å². The van der Waals surface area contributed by atoms with Gasteiger partial charge in [-0.3, -0.25) is 14.6 Å². The number of likely N-dealkylation sites (tertiary alicyclic amines) is 1. The number of hydrogen-bond donors (Lipinski definition) is 1. The van der Waals surface area contributed by atoms with Gasteiger partial charge in [0.1, 0.15) is 0 Å². The Hall–Kier alpha value is -2.47. The van der Waals surface area contributed by atoms with Crippen LogP contribution in [0.2, 0.25) is 0 Å². The van der Waals surface area contributed by atoms with Crippen LogP contribution in [0.5, 0.6) is 0 Å². The standard InChI is InChI=1S/C21H22BrN3O2/c22-19-6-2-1-4-17(19)7-8-20(26)24-14-16-9-12-25(13-10-16)21(27)18-5-3-11-23-15-18/h1-8,11,15-16H,9-10,12-14H2,(H,24,26)/b8-7+. The Morgan fingerprint density at radius 3 is 2.67 bits per heavy atom. The monoisotopic (exact) mass is 427 g/mol. The van der Waals surface area contributed by atoms with E-state index in [4.69, 9.17) is 0 Å². The first kappa shape index (κ1) is 19.3. The fourth-order valence-electron chi connectivity index (χ4n) is 3.09. The number of piperidine rings is 1. The Labute approximate surface area is 167 Å². The van der Waals surface area contributed by atoms with Gasteiger partial charge in [0.05, 0.1) is 5.56 Å². The number of carbonyl (C=O) groups is 2. The van der Waals surface area contributed by atoms with Crippen LogP contribution >= 0.6 is 15.9 Å². The average molecular weight is 428 g/mol. The number of hydrogen-bond acceptors (Lipinski definition) is 3. The van der Waals surface area contributed by atoms with E-state index >= 15 is 0 Å². The van der Waals surface area contributed by atoms with Gasteiger partial charge >= 0.3 is 0 Å². The summed E-state index contributed by atoms with van der Waals surface area (Å²) >= 11 is 3.46. The summed E-state index contributed by atoms with van der Waals surface area (Å²) in [6.45, 7) is 2.05. The highest BCUT2D eigenvalue weighted by Gasteiger charge is 2.23. The van der Waals surface area contributed by atoms with Gasteiger partial charge in [-0.2, -0.15) is 0 Å². The van der Waals surface area contributed by atoms with Gasteiger partial charge in [-0.25, -0.2) is 0 Å². The third-order valence-electron chi connectivity index (χ3n) is 4.69. The van der Waals surface area contributed by atoms with E-state index in [0.29, 0.717) is 31.1 Å². The molecule has 1 aromatic carbocycles. The Kier molecular flexibility index (Phi) is 6.76. The molecule has 1 aromatic heterocycles. The fraction of sp³-hybridized carbons (Fsp3) is 0.286. The third kappa shape index (κ3) is 5.50. The quantitative estimate of drug-likeness (QED) is 0.742. The maximum Gasteiger partial charge on any atom is 0.255 e. The zero-order valence-corrected chi connectivity index (χ0v) is 16.6. The number of carbonyl (C=O) groups excluding carboxylic acids is 2. The van der Waals surface area contributed by atoms with E-state index in [1.807, 2.05) is 29.2 Å². The minimum absolute atomic E-state index is 0.0296. The molecule has 1 aliphatic heterocycles. The molecule has 0 atom stereocenters. The summed E-state index contributed by atoms with van der Waals surface area (Å²) in [5, 5.41) is 2.96. The molecule has 1 N–H and O–H groups in total. The summed E-state index contributed by atoms with van der Waals surface area (Å²) < 4.78 is 0.958. The minimum Gasteiger partial charge on any atom is -0.352 e. The molecule has 0 unspecified atom stereocenters. The predicted octanol–water partition coefficient (Wildman–Crippen LogP) is 3.53. The molecule has 2 amide bonds. The fourth-order valence-corrected chi connectivity index (χ4v) is 3.51. The summed E-state index contributed by atoms with van der Waals surface area (Å²) in [6.07, 6.45) is 8.40. The van der Waals surface area contributed by atoms with Crippen LogP contribution in [-0.4, -0.2) is 41.3 Å². The Balaban J connectivity index is 1.42. The second-order valence-electron chi connectivity index (χ2n) is 6.58. The largest absolute Gasteiger partial charge is 0.352 e. The molecule has 2 aromatic rings. The van der Waals surface area contributed by atoms with Crippen molar-refractivity contribution in [2.24, 2.45) is 5.92 Å². The van der Waals surface area contributed by atoms with E-state index in [1.54, 1.807) is 36.7 Å². The lowest BCUT2D eigenvalue weighted by atomic mass is 9.96. The smallest absolute Gasteiger partial charge is 0.255 e. The van der Waals surface area contributed by atoms with E-state index in [9.17, 15) is 9.59 Å². The van der Waals surface area contributed by atoms with Gasteiger partial charge in [-0.15, -0.1) is 0 Å². The highest BCUT2D eigenvalue weighted by atomic mass is 79.9. The lowest BCUT2D eigenvalue weighted by Gasteiger charge is -2.32. The van der Waals surface area contributed by atoms with Crippen molar-refractivity contribution >= 4 is 33.8 Å². The Bertz CT molecular complexity index is 815. The summed E-state index contributed by atoms with van der Waals surface area (Å²) in [7, 11) is 0. The van der Waals surface area contributed by atoms with Crippen LogP contribution in [0, 0.1) is 5.92 Å². The molecular weight excluding hydrogens is 406 g/mol. The van der Waals surface area contributed by atoms with Crippen molar-refractivity contribution < 1.29 is 9.59 Å². The zero-order chi connectivity index (χ0) is 19.1. The highest BCUT2D eigenvalue weighted by molar-refractivity contribution is 9.10. The van der Waals surface area contributed by atoms with Crippen molar-refractivity contribution in [1.29, 1.82) is 0 Å². The average Bonchev–Trinajstić information content (AvgIpc) is 2.72. The molecule has 5 nitrogen and oxygen atoms in total. The molecule has 3 rings (SSSR count). The molecule has 2 heterocycles. The second-order valence-corrected chi connectivity index (χ2v) is 7.43. The van der Waals surface area contributed by atoms with E-state index < -0.39 is 0 Å². The number of nitrogens with zero attached hydrogens (tertiary/aromatic N) is 2. The maximum atomic E-state index is 12.4. The van der Waals surface area contributed by atoms with Gasteiger partial charge in [0.2, 0.25) is 5.91 Å². The van der Waals surface area contributed by atoms with Crippen LogP contribution in [0.15, 0.2) is 59.3 Å². The maximum absolute atomic E-state index is 12.4. The van der Waals surface area contributed by atoms with E-state index in [1.165, 1.54) is 0 Å². The van der Waals surface area contributed by atoms with Crippen molar-refractivity contribution in [2.75, 3.05) is 19.6 Å². The van der Waals surface area contributed by atoms with E-state index in [2.05, 4.69) is 26.2 Å². The number of benzene rings is 1. The molecule has 27 heavy (non-hydrogen) atoms. The van der Waals surface area contributed by atoms with Crippen molar-refractivity contribution in [3.05, 3.63) is 70.5 Å². The highest BCUT2D eigenvalue weighted by Crippen LogP contribution is 2.19. The SMILES string of the molecule is O=C(/C=C/c1ccccc1Br)NCC1CCN(C(=O)c2cccnc2)CC1. The van der Waals surface area contributed by atoms with Crippen LogP contribution < -0.4 is 5.32 Å². The van der Waals surface area contributed by atoms with Gasteiger partial charge in [0, 0.05) is 42.6 Å². The first-order valence-corrected chi connectivity index (χ1v) is 9.82. The topological polar surface area (TPSA) is 62.3 Å². The molecule has 0 spiro atoms. The number of aromatic nitrogens is 1. The normalized spacial score (nSPS) is 15.1. The molecule has 0 radical (unpaired) electrons. The van der Waals surface area contributed by atoms with Gasteiger partial charge < -0.3 is 10.2 Å². The van der Waals surface area contributed by atoms with Gasteiger partial charge in [-0.05, 0) is 48.6 Å². The number of rotatable bonds is 5. The summed E-state index contributed by atoms with van der Waals surface area (Å²) in [6, 6.07) is 11.3. The molecule has 140 valence electrons. The summed E-state index contributed by atoms with van der Waals surface area (Å²) in [5.74, 6) is 0.324. The molecule has 1 saturated heterocycles. The zero-order valence-electron chi connectivity index (χ0n) is 15.0. The Morgan fingerprint density at radius 1 is 1.19 bits per heavy atom. The van der Waals surface area contributed by atoms with Crippen molar-refractivity contribution in [3.63, 3.8) is 0 Å². The van der Waals surface area contributed by atoms with Crippen LogP contribution in [0.25, 0.3) is 6.08 Å². The predicted molar refractivity (Wildman–Crippen MR) is 109 cm³/mol. The minimum atomic E-state index is -0.0976. The molecule has 0 aliphatic carbocycles. The molecule has 1 fully saturated rings. The first-order chi connectivity index (χ1) is 13.1. The summed E-state index contributed by atoms with van der Waals surface area (Å²) in [4.78, 5) is 30.3. The van der Waals surface area contributed by atoms with Crippen LogP contribution in [0.4, 0.5) is 0 Å². The number of pyridine rings is 1.